The molecule has 0 amide bonds. The van der Waals surface area contributed by atoms with Gasteiger partial charge in [-0.2, -0.15) is 8.42 Å². The number of nitrogens with zero attached hydrogens (tertiary/aromatic N) is 2. The lowest BCUT2D eigenvalue weighted by atomic mass is 9.90. The Hall–Kier alpha value is -3.12. The van der Waals surface area contributed by atoms with Crippen LogP contribution in [0, 0.1) is 5.92 Å². The van der Waals surface area contributed by atoms with E-state index in [-0.39, 0.29) is 22.4 Å². The van der Waals surface area contributed by atoms with Crippen molar-refractivity contribution >= 4 is 27.4 Å². The molecular formula is C23H22N2O3S. The minimum atomic E-state index is -3.94. The predicted octanol–water partition coefficient (Wildman–Crippen LogP) is 4.37. The predicted molar refractivity (Wildman–Crippen MR) is 116 cm³/mol. The van der Waals surface area contributed by atoms with Gasteiger partial charge in [0.2, 0.25) is 0 Å². The molecule has 0 bridgehead atoms. The van der Waals surface area contributed by atoms with Gasteiger partial charge >= 0.3 is 0 Å². The first-order valence-electron chi connectivity index (χ1n) is 9.26. The number of aliphatic imine (C=N–C) groups is 1. The monoisotopic (exact) mass is 406 g/mol. The fourth-order valence-electron chi connectivity index (χ4n) is 2.86. The Morgan fingerprint density at radius 1 is 0.897 bits per heavy atom. The average Bonchev–Trinajstić information content (AvgIpc) is 2.70. The van der Waals surface area contributed by atoms with E-state index in [1.807, 2.05) is 19.9 Å². The second kappa shape index (κ2) is 8.49. The van der Waals surface area contributed by atoms with Crippen LogP contribution in [0.4, 0.5) is 0 Å². The molecule has 5 nitrogen and oxygen atoms in total. The molecule has 148 valence electrons. The van der Waals surface area contributed by atoms with E-state index in [0.717, 1.165) is 0 Å². The number of benzene rings is 2. The van der Waals surface area contributed by atoms with Crippen LogP contribution >= 0.6 is 0 Å². The highest BCUT2D eigenvalue weighted by Crippen LogP contribution is 2.21. The van der Waals surface area contributed by atoms with Gasteiger partial charge in [-0.1, -0.05) is 62.4 Å². The quantitative estimate of drug-likeness (QED) is 0.430. The zero-order chi connectivity index (χ0) is 21.0. The van der Waals surface area contributed by atoms with Crippen molar-refractivity contribution in [3.8, 4) is 0 Å². The molecule has 0 aromatic heterocycles. The Morgan fingerprint density at radius 3 is 2.07 bits per heavy atom. The number of ketones is 1. The Bertz CT molecular complexity index is 1140. The van der Waals surface area contributed by atoms with Crippen molar-refractivity contribution < 1.29 is 13.2 Å². The number of amidine groups is 1. The highest BCUT2D eigenvalue weighted by Gasteiger charge is 2.20. The topological polar surface area (TPSA) is 75.9 Å². The average molecular weight is 407 g/mol. The molecule has 0 unspecified atom stereocenters. The van der Waals surface area contributed by atoms with Gasteiger partial charge in [0, 0.05) is 11.1 Å². The molecule has 0 N–H and O–H groups in total. The summed E-state index contributed by atoms with van der Waals surface area (Å²) in [7, 11) is -3.94. The first kappa shape index (κ1) is 20.6. The molecule has 1 aliphatic rings. The van der Waals surface area contributed by atoms with Gasteiger partial charge < -0.3 is 0 Å². The Balaban J connectivity index is 2.17. The van der Waals surface area contributed by atoms with Crippen molar-refractivity contribution in [2.24, 2.45) is 15.3 Å². The van der Waals surface area contributed by atoms with Gasteiger partial charge in [0.25, 0.3) is 10.0 Å². The molecule has 0 fully saturated rings. The largest absolute Gasteiger partial charge is 0.290 e. The summed E-state index contributed by atoms with van der Waals surface area (Å²) in [4.78, 5) is 16.9. The van der Waals surface area contributed by atoms with Gasteiger partial charge in [-0.25, -0.2) is 4.99 Å². The number of carbonyl (C=O) groups excluding carboxylic acids is 1. The molecule has 0 radical (unpaired) electrons. The fraction of sp³-hybridized carbons (Fsp3) is 0.174. The molecule has 0 heterocycles. The van der Waals surface area contributed by atoms with E-state index in [2.05, 4.69) is 9.39 Å². The molecule has 29 heavy (non-hydrogen) atoms. The summed E-state index contributed by atoms with van der Waals surface area (Å²) in [5.74, 6) is 0.0553. The van der Waals surface area contributed by atoms with Gasteiger partial charge in [-0.15, -0.1) is 4.40 Å². The molecule has 6 heteroatoms. The summed E-state index contributed by atoms with van der Waals surface area (Å²) in [5.41, 5.74) is 2.40. The summed E-state index contributed by atoms with van der Waals surface area (Å²) in [6, 6.07) is 17.0. The van der Waals surface area contributed by atoms with Crippen LogP contribution in [-0.4, -0.2) is 25.7 Å². The van der Waals surface area contributed by atoms with Crippen LogP contribution in [0.5, 0.6) is 0 Å². The summed E-state index contributed by atoms with van der Waals surface area (Å²) in [6.45, 7) is 5.64. The molecule has 0 saturated carbocycles. The van der Waals surface area contributed by atoms with Crippen molar-refractivity contribution in [1.29, 1.82) is 0 Å². The number of rotatable bonds is 4. The van der Waals surface area contributed by atoms with Crippen LogP contribution in [0.2, 0.25) is 0 Å². The lowest BCUT2D eigenvalue weighted by Crippen LogP contribution is -2.17. The van der Waals surface area contributed by atoms with E-state index in [9.17, 15) is 13.2 Å². The minimum absolute atomic E-state index is 0.0298. The molecular weight excluding hydrogens is 384 g/mol. The van der Waals surface area contributed by atoms with E-state index in [0.29, 0.717) is 22.4 Å². The maximum absolute atomic E-state index is 12.8. The maximum atomic E-state index is 12.8. The third kappa shape index (κ3) is 4.84. The second-order valence-corrected chi connectivity index (χ2v) is 8.62. The van der Waals surface area contributed by atoms with Crippen molar-refractivity contribution in [2.75, 3.05) is 0 Å². The minimum Gasteiger partial charge on any atom is -0.290 e. The van der Waals surface area contributed by atoms with Gasteiger partial charge in [0.15, 0.2) is 11.6 Å². The summed E-state index contributed by atoms with van der Waals surface area (Å²) < 4.78 is 29.7. The van der Waals surface area contributed by atoms with Crippen molar-refractivity contribution in [3.63, 3.8) is 0 Å². The van der Waals surface area contributed by atoms with Crippen LogP contribution in [0.15, 0.2) is 98.2 Å². The number of hydrogen-bond acceptors (Lipinski definition) is 3. The number of sulfonamides is 1. The van der Waals surface area contributed by atoms with Gasteiger partial charge in [0.05, 0.1) is 10.6 Å². The fourth-order valence-corrected chi connectivity index (χ4v) is 3.84. The lowest BCUT2D eigenvalue weighted by Gasteiger charge is -2.15. The molecule has 2 aromatic carbocycles. The van der Waals surface area contributed by atoms with Gasteiger partial charge in [-0.05, 0) is 42.7 Å². The van der Waals surface area contributed by atoms with E-state index >= 15 is 0 Å². The third-order valence-electron chi connectivity index (χ3n) is 4.46. The summed E-state index contributed by atoms with van der Waals surface area (Å²) >= 11 is 0. The molecule has 2 aromatic rings. The van der Waals surface area contributed by atoms with Crippen LogP contribution in [0.3, 0.4) is 0 Å². The first-order chi connectivity index (χ1) is 13.8. The zero-order valence-corrected chi connectivity index (χ0v) is 17.3. The van der Waals surface area contributed by atoms with Crippen LogP contribution in [-0.2, 0) is 14.8 Å². The summed E-state index contributed by atoms with van der Waals surface area (Å²) in [6.07, 6.45) is 3.25. The molecule has 0 saturated heterocycles. The van der Waals surface area contributed by atoms with E-state index in [1.54, 1.807) is 55.5 Å². The normalized spacial score (nSPS) is 16.8. The van der Waals surface area contributed by atoms with Crippen LogP contribution in [0.1, 0.15) is 26.3 Å². The van der Waals surface area contributed by atoms with Crippen molar-refractivity contribution in [3.05, 3.63) is 89.5 Å². The Labute approximate surface area is 171 Å². The van der Waals surface area contributed by atoms with Crippen molar-refractivity contribution in [2.45, 2.75) is 25.7 Å². The Kier molecular flexibility index (Phi) is 6.03. The van der Waals surface area contributed by atoms with Crippen LogP contribution < -0.4 is 0 Å². The molecule has 0 atom stereocenters. The molecule has 1 aliphatic carbocycles. The number of hydrogen-bond donors (Lipinski definition) is 0. The maximum Gasteiger partial charge on any atom is 0.284 e. The lowest BCUT2D eigenvalue weighted by molar-refractivity contribution is -0.111. The van der Waals surface area contributed by atoms with Crippen molar-refractivity contribution in [1.82, 2.24) is 0 Å². The molecule has 0 aliphatic heterocycles. The molecule has 3 rings (SSSR count). The first-order valence-corrected chi connectivity index (χ1v) is 10.7. The highest BCUT2D eigenvalue weighted by molar-refractivity contribution is 7.90. The molecule has 0 spiro atoms. The number of allylic oxidation sites excluding steroid dienone is 4. The highest BCUT2D eigenvalue weighted by atomic mass is 32.2. The summed E-state index contributed by atoms with van der Waals surface area (Å²) in [5, 5.41) is 0. The van der Waals surface area contributed by atoms with E-state index in [4.69, 9.17) is 0 Å². The second-order valence-electron chi connectivity index (χ2n) is 7.01. The van der Waals surface area contributed by atoms with Crippen LogP contribution in [0.25, 0.3) is 0 Å². The van der Waals surface area contributed by atoms with Gasteiger partial charge in [-0.3, -0.25) is 4.79 Å². The standard InChI is InChI=1S/C23H22N2O3S/c1-16(2)20-15-21(17(3)14-22(20)26)24-23(18-10-6-4-7-11-18)25-29(27,28)19-12-8-5-9-13-19/h4-16H,1-3H3/b24-21?,25-23-. The Morgan fingerprint density at radius 2 is 1.48 bits per heavy atom. The zero-order valence-electron chi connectivity index (χ0n) is 16.5. The van der Waals surface area contributed by atoms with E-state index < -0.39 is 10.0 Å². The van der Waals surface area contributed by atoms with E-state index in [1.165, 1.54) is 18.2 Å². The van der Waals surface area contributed by atoms with Gasteiger partial charge in [0.1, 0.15) is 0 Å². The smallest absolute Gasteiger partial charge is 0.284 e. The SMILES string of the molecule is CC1=CC(=O)C(C(C)C)=CC1=N/C(=N\S(=O)(=O)c1ccccc1)c1ccccc1. The third-order valence-corrected chi connectivity index (χ3v) is 5.74. The number of carbonyl (C=O) groups is 1.